The zero-order chi connectivity index (χ0) is 13.8. The fraction of sp³-hybridized carbons (Fsp3) is 0.533. The van der Waals surface area contributed by atoms with Crippen LogP contribution in [0, 0.1) is 5.92 Å². The van der Waals surface area contributed by atoms with E-state index in [1.807, 2.05) is 0 Å². The van der Waals surface area contributed by atoms with Gasteiger partial charge in [0, 0.05) is 13.1 Å². The van der Waals surface area contributed by atoms with E-state index in [2.05, 4.69) is 6.92 Å². The monoisotopic (exact) mass is 263 g/mol. The Kier molecular flexibility index (Phi) is 4.30. The van der Waals surface area contributed by atoms with Gasteiger partial charge < -0.3 is 15.1 Å². The molecule has 4 nitrogen and oxygen atoms in total. The Balaban J connectivity index is 2.03. The van der Waals surface area contributed by atoms with E-state index in [1.165, 1.54) is 31.0 Å². The normalized spacial score (nSPS) is 16.6. The van der Waals surface area contributed by atoms with Crippen molar-refractivity contribution in [3.63, 3.8) is 0 Å². The summed E-state index contributed by atoms with van der Waals surface area (Å²) in [5, 5.41) is 19.1. The number of benzene rings is 1. The molecular weight excluding hydrogens is 242 g/mol. The molecule has 1 aliphatic heterocycles. The quantitative estimate of drug-likeness (QED) is 0.824. The Morgan fingerprint density at radius 3 is 2.63 bits per heavy atom. The van der Waals surface area contributed by atoms with Crippen molar-refractivity contribution in [2.75, 3.05) is 13.1 Å². The first kappa shape index (κ1) is 13.7. The molecule has 1 amide bonds. The molecule has 0 spiro atoms. The van der Waals surface area contributed by atoms with Crippen LogP contribution in [0.25, 0.3) is 0 Å². The summed E-state index contributed by atoms with van der Waals surface area (Å²) in [5.41, 5.74) is 0.189. The number of carbonyl (C=O) groups is 1. The lowest BCUT2D eigenvalue weighted by Crippen LogP contribution is -2.38. The van der Waals surface area contributed by atoms with Crippen LogP contribution in [-0.4, -0.2) is 34.1 Å². The SMILES string of the molecule is CCCC1CCN(C(=O)c2cc(O)ccc2O)CC1. The van der Waals surface area contributed by atoms with Gasteiger partial charge in [0.1, 0.15) is 11.5 Å². The molecule has 0 saturated carbocycles. The lowest BCUT2D eigenvalue weighted by molar-refractivity contribution is 0.0683. The second-order valence-corrected chi connectivity index (χ2v) is 5.23. The lowest BCUT2D eigenvalue weighted by Gasteiger charge is -2.32. The molecular formula is C15H21NO3. The highest BCUT2D eigenvalue weighted by Crippen LogP contribution is 2.27. The third-order valence-electron chi connectivity index (χ3n) is 3.81. The smallest absolute Gasteiger partial charge is 0.257 e. The van der Waals surface area contributed by atoms with Gasteiger partial charge in [0.05, 0.1) is 5.56 Å². The van der Waals surface area contributed by atoms with E-state index < -0.39 is 0 Å². The number of aromatic hydroxyl groups is 2. The van der Waals surface area contributed by atoms with Crippen molar-refractivity contribution in [2.45, 2.75) is 32.6 Å². The highest BCUT2D eigenvalue weighted by Gasteiger charge is 2.24. The molecule has 0 unspecified atom stereocenters. The van der Waals surface area contributed by atoms with E-state index in [9.17, 15) is 15.0 Å². The molecule has 19 heavy (non-hydrogen) atoms. The first-order valence-electron chi connectivity index (χ1n) is 6.93. The summed E-state index contributed by atoms with van der Waals surface area (Å²) in [4.78, 5) is 14.1. The summed E-state index contributed by atoms with van der Waals surface area (Å²) in [7, 11) is 0. The third kappa shape index (κ3) is 3.19. The zero-order valence-corrected chi connectivity index (χ0v) is 11.3. The van der Waals surface area contributed by atoms with Gasteiger partial charge in [-0.3, -0.25) is 4.79 Å². The van der Waals surface area contributed by atoms with Gasteiger partial charge in [-0.2, -0.15) is 0 Å². The van der Waals surface area contributed by atoms with Crippen molar-refractivity contribution in [1.29, 1.82) is 0 Å². The molecule has 0 atom stereocenters. The van der Waals surface area contributed by atoms with E-state index in [0.717, 1.165) is 25.9 Å². The van der Waals surface area contributed by atoms with Crippen molar-refractivity contribution in [2.24, 2.45) is 5.92 Å². The van der Waals surface area contributed by atoms with Crippen molar-refractivity contribution in [1.82, 2.24) is 4.90 Å². The number of nitrogens with zero attached hydrogens (tertiary/aromatic N) is 1. The van der Waals surface area contributed by atoms with E-state index in [-0.39, 0.29) is 23.0 Å². The Morgan fingerprint density at radius 1 is 1.32 bits per heavy atom. The van der Waals surface area contributed by atoms with Gasteiger partial charge in [-0.05, 0) is 37.0 Å². The van der Waals surface area contributed by atoms with Crippen LogP contribution in [0.15, 0.2) is 18.2 Å². The van der Waals surface area contributed by atoms with E-state index in [1.54, 1.807) is 4.90 Å². The first-order valence-corrected chi connectivity index (χ1v) is 6.93. The maximum Gasteiger partial charge on any atom is 0.257 e. The average Bonchev–Trinajstić information content (AvgIpc) is 2.42. The minimum Gasteiger partial charge on any atom is -0.508 e. The first-order chi connectivity index (χ1) is 9.11. The van der Waals surface area contributed by atoms with Gasteiger partial charge in [-0.15, -0.1) is 0 Å². The Bertz CT molecular complexity index is 451. The number of amides is 1. The summed E-state index contributed by atoms with van der Waals surface area (Å²) >= 11 is 0. The van der Waals surface area contributed by atoms with Gasteiger partial charge >= 0.3 is 0 Å². The van der Waals surface area contributed by atoms with Crippen molar-refractivity contribution in [3.8, 4) is 11.5 Å². The molecule has 104 valence electrons. The number of carbonyl (C=O) groups excluding carboxylic acids is 1. The number of phenolic OH excluding ortho intramolecular Hbond substituents is 2. The summed E-state index contributed by atoms with van der Waals surface area (Å²) in [6, 6.07) is 4.06. The van der Waals surface area contributed by atoms with Crippen LogP contribution in [0.2, 0.25) is 0 Å². The molecule has 4 heteroatoms. The number of phenols is 2. The van der Waals surface area contributed by atoms with Crippen molar-refractivity contribution >= 4 is 5.91 Å². The third-order valence-corrected chi connectivity index (χ3v) is 3.81. The number of hydrogen-bond acceptors (Lipinski definition) is 3. The van der Waals surface area contributed by atoms with Crippen molar-refractivity contribution in [3.05, 3.63) is 23.8 Å². The minimum absolute atomic E-state index is 0.00187. The highest BCUT2D eigenvalue weighted by molar-refractivity contribution is 5.97. The average molecular weight is 263 g/mol. The van der Waals surface area contributed by atoms with Crippen LogP contribution in [0.3, 0.4) is 0 Å². The molecule has 1 heterocycles. The van der Waals surface area contributed by atoms with Gasteiger partial charge in [0.15, 0.2) is 0 Å². The predicted octanol–water partition coefficient (Wildman–Crippen LogP) is 2.75. The Hall–Kier alpha value is -1.71. The van der Waals surface area contributed by atoms with Gasteiger partial charge in [-0.25, -0.2) is 0 Å². The van der Waals surface area contributed by atoms with Crippen LogP contribution in [-0.2, 0) is 0 Å². The van der Waals surface area contributed by atoms with E-state index >= 15 is 0 Å². The molecule has 0 bridgehead atoms. The van der Waals surface area contributed by atoms with Crippen LogP contribution >= 0.6 is 0 Å². The Labute approximate surface area is 113 Å². The standard InChI is InChI=1S/C15H21NO3/c1-2-3-11-6-8-16(9-7-11)15(19)13-10-12(17)4-5-14(13)18/h4-5,10-11,17-18H,2-3,6-9H2,1H3. The molecule has 1 aromatic rings. The molecule has 2 N–H and O–H groups in total. The van der Waals surface area contributed by atoms with Gasteiger partial charge in [0.25, 0.3) is 5.91 Å². The zero-order valence-electron chi connectivity index (χ0n) is 11.3. The van der Waals surface area contributed by atoms with Crippen LogP contribution in [0.4, 0.5) is 0 Å². The summed E-state index contributed by atoms with van der Waals surface area (Å²) in [5.74, 6) is 0.454. The maximum atomic E-state index is 12.3. The summed E-state index contributed by atoms with van der Waals surface area (Å²) in [6.07, 6.45) is 4.46. The van der Waals surface area contributed by atoms with Gasteiger partial charge in [-0.1, -0.05) is 19.8 Å². The highest BCUT2D eigenvalue weighted by atomic mass is 16.3. The van der Waals surface area contributed by atoms with E-state index in [4.69, 9.17) is 0 Å². The second kappa shape index (κ2) is 5.95. The molecule has 1 aromatic carbocycles. The lowest BCUT2D eigenvalue weighted by atomic mass is 9.92. The largest absolute Gasteiger partial charge is 0.508 e. The molecule has 1 aliphatic rings. The maximum absolute atomic E-state index is 12.3. The van der Waals surface area contributed by atoms with Gasteiger partial charge in [0.2, 0.25) is 0 Å². The topological polar surface area (TPSA) is 60.8 Å². The minimum atomic E-state index is -0.191. The molecule has 2 rings (SSSR count). The molecule has 1 saturated heterocycles. The van der Waals surface area contributed by atoms with E-state index in [0.29, 0.717) is 5.92 Å². The fourth-order valence-electron chi connectivity index (χ4n) is 2.70. The number of piperidine rings is 1. The fourth-order valence-corrected chi connectivity index (χ4v) is 2.70. The molecule has 0 aliphatic carbocycles. The second-order valence-electron chi connectivity index (χ2n) is 5.23. The van der Waals surface area contributed by atoms with Crippen molar-refractivity contribution < 1.29 is 15.0 Å². The number of rotatable bonds is 3. The molecule has 0 aromatic heterocycles. The molecule has 1 fully saturated rings. The summed E-state index contributed by atoms with van der Waals surface area (Å²) < 4.78 is 0. The molecule has 0 radical (unpaired) electrons. The summed E-state index contributed by atoms with van der Waals surface area (Å²) in [6.45, 7) is 3.65. The van der Waals surface area contributed by atoms with Crippen LogP contribution < -0.4 is 0 Å². The Morgan fingerprint density at radius 2 is 2.00 bits per heavy atom. The van der Waals surface area contributed by atoms with Crippen LogP contribution in [0.1, 0.15) is 43.0 Å². The van der Waals surface area contributed by atoms with Crippen LogP contribution in [0.5, 0.6) is 11.5 Å². The number of likely N-dealkylation sites (tertiary alicyclic amines) is 1. The predicted molar refractivity (Wildman–Crippen MR) is 73.3 cm³/mol. The number of hydrogen-bond donors (Lipinski definition) is 2.